The van der Waals surface area contributed by atoms with Crippen LogP contribution in [0.4, 0.5) is 0 Å². The van der Waals surface area contributed by atoms with E-state index in [0.717, 1.165) is 29.3 Å². The second kappa shape index (κ2) is 6.89. The van der Waals surface area contributed by atoms with Gasteiger partial charge in [0.05, 0.1) is 12.6 Å². The standard InChI is InChI=1S/C14H17ClN2OS/c1-3-17-13(7-11-8-16-9-19-11)12-6-10(15)4-5-14(12)18-2/h4-6,8-9,13,17H,3,7H2,1-2H3. The molecule has 0 spiro atoms. The third-order valence-corrected chi connectivity index (χ3v) is 3.94. The van der Waals surface area contributed by atoms with Gasteiger partial charge in [0, 0.05) is 34.1 Å². The van der Waals surface area contributed by atoms with Crippen LogP contribution in [0.25, 0.3) is 0 Å². The molecule has 1 aromatic heterocycles. The van der Waals surface area contributed by atoms with Gasteiger partial charge in [0.2, 0.25) is 0 Å². The summed E-state index contributed by atoms with van der Waals surface area (Å²) in [6.07, 6.45) is 2.79. The summed E-state index contributed by atoms with van der Waals surface area (Å²) in [4.78, 5) is 5.37. The van der Waals surface area contributed by atoms with Gasteiger partial charge < -0.3 is 10.1 Å². The zero-order chi connectivity index (χ0) is 13.7. The van der Waals surface area contributed by atoms with Crippen LogP contribution >= 0.6 is 22.9 Å². The van der Waals surface area contributed by atoms with E-state index in [9.17, 15) is 0 Å². The van der Waals surface area contributed by atoms with Crippen molar-refractivity contribution in [3.05, 3.63) is 45.4 Å². The van der Waals surface area contributed by atoms with Crippen molar-refractivity contribution in [3.63, 3.8) is 0 Å². The molecule has 5 heteroatoms. The Balaban J connectivity index is 2.29. The Kier molecular flexibility index (Phi) is 5.19. The molecule has 19 heavy (non-hydrogen) atoms. The third kappa shape index (κ3) is 3.69. The van der Waals surface area contributed by atoms with Crippen LogP contribution < -0.4 is 10.1 Å². The van der Waals surface area contributed by atoms with E-state index < -0.39 is 0 Å². The minimum Gasteiger partial charge on any atom is -0.496 e. The predicted octanol–water partition coefficient (Wildman–Crippen LogP) is 3.70. The molecule has 0 bridgehead atoms. The predicted molar refractivity (Wildman–Crippen MR) is 80.2 cm³/mol. The summed E-state index contributed by atoms with van der Waals surface area (Å²) in [5.74, 6) is 0.861. The van der Waals surface area contributed by atoms with E-state index in [0.29, 0.717) is 0 Å². The van der Waals surface area contributed by atoms with E-state index in [2.05, 4.69) is 17.2 Å². The highest BCUT2D eigenvalue weighted by Gasteiger charge is 2.17. The minimum atomic E-state index is 0.180. The molecule has 1 aromatic carbocycles. The van der Waals surface area contributed by atoms with E-state index in [1.54, 1.807) is 18.4 Å². The number of benzene rings is 1. The molecule has 2 aromatic rings. The summed E-state index contributed by atoms with van der Waals surface area (Å²) in [5.41, 5.74) is 2.94. The molecule has 0 radical (unpaired) electrons. The average molecular weight is 297 g/mol. The van der Waals surface area contributed by atoms with Crippen LogP contribution in [0.3, 0.4) is 0 Å². The van der Waals surface area contributed by atoms with Crippen molar-refractivity contribution < 1.29 is 4.74 Å². The smallest absolute Gasteiger partial charge is 0.123 e. The van der Waals surface area contributed by atoms with Crippen molar-refractivity contribution in [3.8, 4) is 5.75 Å². The number of methoxy groups -OCH3 is 1. The van der Waals surface area contributed by atoms with E-state index in [1.807, 2.05) is 29.9 Å². The number of ether oxygens (including phenoxy) is 1. The Morgan fingerprint density at radius 1 is 1.47 bits per heavy atom. The molecule has 1 N–H and O–H groups in total. The van der Waals surface area contributed by atoms with E-state index in [1.165, 1.54) is 4.88 Å². The normalized spacial score (nSPS) is 12.4. The Bertz CT molecular complexity index is 516. The maximum atomic E-state index is 6.11. The lowest BCUT2D eigenvalue weighted by molar-refractivity contribution is 0.399. The van der Waals surface area contributed by atoms with Crippen LogP contribution in [-0.2, 0) is 6.42 Å². The number of aromatic nitrogens is 1. The van der Waals surface area contributed by atoms with Gasteiger partial charge >= 0.3 is 0 Å². The first-order chi connectivity index (χ1) is 9.24. The lowest BCUT2D eigenvalue weighted by Crippen LogP contribution is -2.23. The van der Waals surface area contributed by atoms with Gasteiger partial charge in [-0.3, -0.25) is 4.98 Å². The number of nitrogens with zero attached hydrogens (tertiary/aromatic N) is 1. The fourth-order valence-electron chi connectivity index (χ4n) is 2.06. The van der Waals surface area contributed by atoms with Crippen molar-refractivity contribution in [2.45, 2.75) is 19.4 Å². The van der Waals surface area contributed by atoms with Crippen LogP contribution in [0.5, 0.6) is 5.75 Å². The molecule has 0 saturated carbocycles. The highest BCUT2D eigenvalue weighted by Crippen LogP contribution is 2.30. The van der Waals surface area contributed by atoms with Crippen LogP contribution in [0, 0.1) is 0 Å². The van der Waals surface area contributed by atoms with Gasteiger partial charge in [-0.05, 0) is 24.7 Å². The van der Waals surface area contributed by atoms with Gasteiger partial charge in [0.1, 0.15) is 5.75 Å². The Morgan fingerprint density at radius 2 is 2.32 bits per heavy atom. The summed E-state index contributed by atoms with van der Waals surface area (Å²) in [6.45, 7) is 2.98. The maximum Gasteiger partial charge on any atom is 0.123 e. The zero-order valence-electron chi connectivity index (χ0n) is 11.0. The van der Waals surface area contributed by atoms with Crippen molar-refractivity contribution in [2.75, 3.05) is 13.7 Å². The molecule has 0 aliphatic rings. The zero-order valence-corrected chi connectivity index (χ0v) is 12.6. The largest absolute Gasteiger partial charge is 0.496 e. The van der Waals surface area contributed by atoms with Gasteiger partial charge in [0.15, 0.2) is 0 Å². The van der Waals surface area contributed by atoms with Crippen molar-refractivity contribution in [1.82, 2.24) is 10.3 Å². The molecule has 0 saturated heterocycles. The molecule has 102 valence electrons. The lowest BCUT2D eigenvalue weighted by atomic mass is 10.0. The quantitative estimate of drug-likeness (QED) is 0.882. The molecule has 0 amide bonds. The van der Waals surface area contributed by atoms with E-state index in [4.69, 9.17) is 16.3 Å². The number of thiazole rings is 1. The molecular weight excluding hydrogens is 280 g/mol. The molecule has 0 fully saturated rings. The first kappa shape index (κ1) is 14.3. The van der Waals surface area contributed by atoms with Crippen molar-refractivity contribution in [2.24, 2.45) is 0 Å². The van der Waals surface area contributed by atoms with Gasteiger partial charge in [-0.15, -0.1) is 11.3 Å². The fraction of sp³-hybridized carbons (Fsp3) is 0.357. The molecular formula is C14H17ClN2OS. The monoisotopic (exact) mass is 296 g/mol. The molecule has 0 aliphatic carbocycles. The molecule has 2 rings (SSSR count). The lowest BCUT2D eigenvalue weighted by Gasteiger charge is -2.20. The summed E-state index contributed by atoms with van der Waals surface area (Å²) >= 11 is 7.77. The van der Waals surface area contributed by atoms with Crippen LogP contribution in [0.15, 0.2) is 29.9 Å². The van der Waals surface area contributed by atoms with Gasteiger partial charge in [-0.2, -0.15) is 0 Å². The number of nitrogens with one attached hydrogen (secondary N) is 1. The Labute approximate surface area is 122 Å². The Hall–Kier alpha value is -1.10. The van der Waals surface area contributed by atoms with Gasteiger partial charge in [0.25, 0.3) is 0 Å². The topological polar surface area (TPSA) is 34.2 Å². The molecule has 1 atom stereocenters. The molecule has 1 heterocycles. The summed E-state index contributed by atoms with van der Waals surface area (Å²) in [5, 5.41) is 4.20. The fourth-order valence-corrected chi connectivity index (χ4v) is 2.88. The molecule has 1 unspecified atom stereocenters. The van der Waals surface area contributed by atoms with E-state index >= 15 is 0 Å². The van der Waals surface area contributed by atoms with Crippen molar-refractivity contribution >= 4 is 22.9 Å². The number of halogens is 1. The summed E-state index contributed by atoms with van der Waals surface area (Å²) in [7, 11) is 1.68. The van der Waals surface area contributed by atoms with Gasteiger partial charge in [-0.25, -0.2) is 0 Å². The highest BCUT2D eigenvalue weighted by molar-refractivity contribution is 7.09. The van der Waals surface area contributed by atoms with Crippen LogP contribution in [0.1, 0.15) is 23.4 Å². The third-order valence-electron chi connectivity index (χ3n) is 2.91. The number of rotatable bonds is 6. The highest BCUT2D eigenvalue weighted by atomic mass is 35.5. The first-order valence-electron chi connectivity index (χ1n) is 6.18. The summed E-state index contributed by atoms with van der Waals surface area (Å²) < 4.78 is 5.44. The second-order valence-corrected chi connectivity index (χ2v) is 5.58. The first-order valence-corrected chi connectivity index (χ1v) is 7.44. The molecule has 3 nitrogen and oxygen atoms in total. The summed E-state index contributed by atoms with van der Waals surface area (Å²) in [6, 6.07) is 5.90. The van der Waals surface area contributed by atoms with Crippen LogP contribution in [-0.4, -0.2) is 18.6 Å². The SMILES string of the molecule is CCNC(Cc1cncs1)c1cc(Cl)ccc1OC. The second-order valence-electron chi connectivity index (χ2n) is 4.17. The minimum absolute atomic E-state index is 0.180. The number of hydrogen-bond donors (Lipinski definition) is 1. The maximum absolute atomic E-state index is 6.11. The Morgan fingerprint density at radius 3 is 2.95 bits per heavy atom. The average Bonchev–Trinajstić information content (AvgIpc) is 2.91. The van der Waals surface area contributed by atoms with Crippen molar-refractivity contribution in [1.29, 1.82) is 0 Å². The van der Waals surface area contributed by atoms with Crippen LogP contribution in [0.2, 0.25) is 5.02 Å². The number of likely N-dealkylation sites (N-methyl/N-ethyl adjacent to an activating group) is 1. The number of hydrogen-bond acceptors (Lipinski definition) is 4. The van der Waals surface area contributed by atoms with Gasteiger partial charge in [-0.1, -0.05) is 18.5 Å². The molecule has 0 aliphatic heterocycles. The van der Waals surface area contributed by atoms with E-state index in [-0.39, 0.29) is 6.04 Å².